The third-order valence-electron chi connectivity index (χ3n) is 6.54. The smallest absolute Gasteiger partial charge is 0.0386 e. The van der Waals surface area contributed by atoms with Crippen molar-refractivity contribution in [3.63, 3.8) is 0 Å². The SMILES string of the molecule is CC1CCC(CCC2CCC(C)C(C)C2C)CC1. The van der Waals surface area contributed by atoms with Crippen LogP contribution in [0, 0.1) is 35.5 Å². The summed E-state index contributed by atoms with van der Waals surface area (Å²) in [7, 11) is 0. The van der Waals surface area contributed by atoms with Crippen LogP contribution in [-0.4, -0.2) is 0 Å². The van der Waals surface area contributed by atoms with Crippen LogP contribution in [0.3, 0.4) is 0 Å². The van der Waals surface area contributed by atoms with Gasteiger partial charge in [-0.25, -0.2) is 0 Å². The van der Waals surface area contributed by atoms with Crippen LogP contribution in [0.25, 0.3) is 0 Å². The summed E-state index contributed by atoms with van der Waals surface area (Å²) in [5.41, 5.74) is 0. The first-order valence-corrected chi connectivity index (χ1v) is 8.58. The lowest BCUT2D eigenvalue weighted by molar-refractivity contribution is 0.110. The molecule has 18 heavy (non-hydrogen) atoms. The molecule has 2 aliphatic carbocycles. The molecule has 0 bridgehead atoms. The summed E-state index contributed by atoms with van der Waals surface area (Å²) in [4.78, 5) is 0. The van der Waals surface area contributed by atoms with Crippen molar-refractivity contribution in [2.75, 3.05) is 0 Å². The van der Waals surface area contributed by atoms with Crippen molar-refractivity contribution < 1.29 is 0 Å². The Hall–Kier alpha value is 0. The molecule has 0 amide bonds. The van der Waals surface area contributed by atoms with Gasteiger partial charge in [0.05, 0.1) is 0 Å². The number of rotatable bonds is 3. The fourth-order valence-corrected chi connectivity index (χ4v) is 4.43. The minimum Gasteiger partial charge on any atom is -0.0625 e. The normalized spacial score (nSPS) is 46.0. The van der Waals surface area contributed by atoms with Gasteiger partial charge in [0.1, 0.15) is 0 Å². The zero-order valence-corrected chi connectivity index (χ0v) is 13.1. The van der Waals surface area contributed by atoms with Gasteiger partial charge in [-0.3, -0.25) is 0 Å². The highest BCUT2D eigenvalue weighted by Gasteiger charge is 2.31. The van der Waals surface area contributed by atoms with Gasteiger partial charge in [-0.15, -0.1) is 0 Å². The van der Waals surface area contributed by atoms with Crippen molar-refractivity contribution in [3.05, 3.63) is 0 Å². The van der Waals surface area contributed by atoms with Crippen molar-refractivity contribution in [2.45, 2.75) is 79.1 Å². The predicted octanol–water partition coefficient (Wildman–Crippen LogP) is 5.91. The molecule has 0 aromatic rings. The highest BCUT2D eigenvalue weighted by molar-refractivity contribution is 4.82. The van der Waals surface area contributed by atoms with Crippen LogP contribution < -0.4 is 0 Å². The van der Waals surface area contributed by atoms with E-state index in [2.05, 4.69) is 27.7 Å². The molecule has 0 spiro atoms. The second-order valence-electron chi connectivity index (χ2n) is 7.74. The van der Waals surface area contributed by atoms with E-state index in [-0.39, 0.29) is 0 Å². The van der Waals surface area contributed by atoms with Gasteiger partial charge in [-0.05, 0) is 48.3 Å². The summed E-state index contributed by atoms with van der Waals surface area (Å²) in [6.45, 7) is 9.90. The second-order valence-corrected chi connectivity index (χ2v) is 7.74. The van der Waals surface area contributed by atoms with E-state index in [1.807, 2.05) is 0 Å². The molecule has 0 aromatic carbocycles. The van der Waals surface area contributed by atoms with E-state index < -0.39 is 0 Å². The van der Waals surface area contributed by atoms with Crippen molar-refractivity contribution in [2.24, 2.45) is 35.5 Å². The van der Waals surface area contributed by atoms with E-state index in [1.54, 1.807) is 0 Å². The van der Waals surface area contributed by atoms with Gasteiger partial charge in [0.15, 0.2) is 0 Å². The molecule has 106 valence electrons. The van der Waals surface area contributed by atoms with Crippen LogP contribution in [-0.2, 0) is 0 Å². The lowest BCUT2D eigenvalue weighted by Gasteiger charge is -2.39. The molecule has 0 saturated heterocycles. The molecule has 4 atom stereocenters. The zero-order valence-electron chi connectivity index (χ0n) is 13.1. The van der Waals surface area contributed by atoms with Crippen LogP contribution >= 0.6 is 0 Å². The van der Waals surface area contributed by atoms with Crippen LogP contribution in [0.2, 0.25) is 0 Å². The maximum absolute atomic E-state index is 2.52. The molecule has 2 rings (SSSR count). The standard InChI is InChI=1S/C18H34/c1-13-5-8-17(9-6-13)10-12-18-11-7-14(2)15(3)16(18)4/h13-18H,5-12H2,1-4H3. The third kappa shape index (κ3) is 3.52. The average Bonchev–Trinajstić information content (AvgIpc) is 2.37. The zero-order chi connectivity index (χ0) is 13.1. The Morgan fingerprint density at radius 1 is 0.667 bits per heavy atom. The van der Waals surface area contributed by atoms with Crippen LogP contribution in [0.1, 0.15) is 79.1 Å². The predicted molar refractivity (Wildman–Crippen MR) is 80.6 cm³/mol. The first-order valence-electron chi connectivity index (χ1n) is 8.58. The monoisotopic (exact) mass is 250 g/mol. The summed E-state index contributed by atoms with van der Waals surface area (Å²) in [6, 6.07) is 0. The van der Waals surface area contributed by atoms with E-state index >= 15 is 0 Å². The Morgan fingerprint density at radius 2 is 1.33 bits per heavy atom. The number of hydrogen-bond acceptors (Lipinski definition) is 0. The molecule has 0 heterocycles. The molecule has 0 N–H and O–H groups in total. The van der Waals surface area contributed by atoms with Gasteiger partial charge in [0, 0.05) is 0 Å². The minimum atomic E-state index is 0.954. The van der Waals surface area contributed by atoms with E-state index in [1.165, 1.54) is 51.4 Å². The molecule has 2 fully saturated rings. The molecule has 2 saturated carbocycles. The van der Waals surface area contributed by atoms with Gasteiger partial charge in [0.2, 0.25) is 0 Å². The average molecular weight is 250 g/mol. The summed E-state index contributed by atoms with van der Waals surface area (Å²) in [6.07, 6.45) is 12.1. The maximum atomic E-state index is 2.52. The van der Waals surface area contributed by atoms with E-state index in [0.717, 1.165) is 35.5 Å². The molecule has 0 radical (unpaired) electrons. The molecule has 0 heteroatoms. The quantitative estimate of drug-likeness (QED) is 0.584. The second kappa shape index (κ2) is 6.44. The van der Waals surface area contributed by atoms with E-state index in [0.29, 0.717) is 0 Å². The van der Waals surface area contributed by atoms with E-state index in [4.69, 9.17) is 0 Å². The van der Waals surface area contributed by atoms with Crippen LogP contribution in [0.4, 0.5) is 0 Å². The molecule has 0 aliphatic heterocycles. The molecule has 2 aliphatic rings. The Balaban J connectivity index is 1.73. The molecular weight excluding hydrogens is 216 g/mol. The first kappa shape index (κ1) is 14.4. The van der Waals surface area contributed by atoms with Crippen molar-refractivity contribution in [3.8, 4) is 0 Å². The molecular formula is C18H34. The van der Waals surface area contributed by atoms with Gasteiger partial charge >= 0.3 is 0 Å². The molecule has 4 unspecified atom stereocenters. The molecule has 0 nitrogen and oxygen atoms in total. The van der Waals surface area contributed by atoms with Gasteiger partial charge < -0.3 is 0 Å². The molecule has 0 aromatic heterocycles. The van der Waals surface area contributed by atoms with Gasteiger partial charge in [-0.1, -0.05) is 66.2 Å². The lowest BCUT2D eigenvalue weighted by atomic mass is 9.66. The summed E-state index contributed by atoms with van der Waals surface area (Å²) < 4.78 is 0. The van der Waals surface area contributed by atoms with Crippen molar-refractivity contribution in [1.29, 1.82) is 0 Å². The van der Waals surface area contributed by atoms with Gasteiger partial charge in [0.25, 0.3) is 0 Å². The third-order valence-corrected chi connectivity index (χ3v) is 6.54. The topological polar surface area (TPSA) is 0 Å². The van der Waals surface area contributed by atoms with Crippen molar-refractivity contribution >= 4 is 0 Å². The minimum absolute atomic E-state index is 0.954. The highest BCUT2D eigenvalue weighted by atomic mass is 14.4. The van der Waals surface area contributed by atoms with Crippen LogP contribution in [0.15, 0.2) is 0 Å². The van der Waals surface area contributed by atoms with Crippen molar-refractivity contribution in [1.82, 2.24) is 0 Å². The fourth-order valence-electron chi connectivity index (χ4n) is 4.43. The summed E-state index contributed by atoms with van der Waals surface area (Å²) >= 11 is 0. The maximum Gasteiger partial charge on any atom is -0.0386 e. The lowest BCUT2D eigenvalue weighted by Crippen LogP contribution is -2.30. The fraction of sp³-hybridized carbons (Fsp3) is 1.00. The Kier molecular flexibility index (Phi) is 5.15. The van der Waals surface area contributed by atoms with Crippen LogP contribution in [0.5, 0.6) is 0 Å². The Bertz CT molecular complexity index is 236. The Labute approximate surface area is 115 Å². The first-order chi connectivity index (χ1) is 8.58. The van der Waals surface area contributed by atoms with Gasteiger partial charge in [-0.2, -0.15) is 0 Å². The highest BCUT2D eigenvalue weighted by Crippen LogP contribution is 2.42. The Morgan fingerprint density at radius 3 is 2.00 bits per heavy atom. The van der Waals surface area contributed by atoms with E-state index in [9.17, 15) is 0 Å². The number of hydrogen-bond donors (Lipinski definition) is 0. The summed E-state index contributed by atoms with van der Waals surface area (Å²) in [5.74, 6) is 6.01. The summed E-state index contributed by atoms with van der Waals surface area (Å²) in [5, 5.41) is 0. The largest absolute Gasteiger partial charge is 0.0625 e.